The van der Waals surface area contributed by atoms with Crippen molar-refractivity contribution in [1.29, 1.82) is 0 Å². The monoisotopic (exact) mass is 511 g/mol. The van der Waals surface area contributed by atoms with Crippen molar-refractivity contribution in [2.24, 2.45) is 0 Å². The molecule has 194 valence electrons. The van der Waals surface area contributed by atoms with E-state index in [2.05, 4.69) is 20.6 Å². The number of carbonyl (C=O) groups is 2. The highest BCUT2D eigenvalue weighted by atomic mass is 19.1. The van der Waals surface area contributed by atoms with Gasteiger partial charge in [0.05, 0.1) is 12.8 Å². The summed E-state index contributed by atoms with van der Waals surface area (Å²) in [6.07, 6.45) is 4.04. The second kappa shape index (κ2) is 11.6. The maximum absolute atomic E-state index is 14.0. The molecule has 0 bridgehead atoms. The van der Waals surface area contributed by atoms with Crippen LogP contribution in [0.4, 0.5) is 20.3 Å². The summed E-state index contributed by atoms with van der Waals surface area (Å²) in [5.74, 6) is -1.26. The molecule has 1 aliphatic heterocycles. The molecule has 0 radical (unpaired) electrons. The number of hydrogen-bond donors (Lipinski definition) is 2. The number of pyridine rings is 2. The molecule has 0 saturated carbocycles. The summed E-state index contributed by atoms with van der Waals surface area (Å²) in [6, 6.07) is 8.24. The van der Waals surface area contributed by atoms with E-state index >= 15 is 0 Å². The molecule has 0 aliphatic carbocycles. The molecule has 4 rings (SSSR count). The fourth-order valence-corrected chi connectivity index (χ4v) is 4.02. The molecule has 2 aromatic heterocycles. The zero-order valence-corrected chi connectivity index (χ0v) is 20.5. The topological polar surface area (TPSA) is 106 Å². The number of carbonyl (C=O) groups excluding carboxylic acids is 2. The fraction of sp³-hybridized carbons (Fsp3) is 0.308. The average Bonchev–Trinajstić information content (AvgIpc) is 2.89. The second-order valence-corrected chi connectivity index (χ2v) is 8.52. The summed E-state index contributed by atoms with van der Waals surface area (Å²) in [7, 11) is 1.43. The first kappa shape index (κ1) is 25.8. The summed E-state index contributed by atoms with van der Waals surface area (Å²) in [5, 5.41) is 5.62. The van der Waals surface area contributed by atoms with Crippen LogP contribution in [0.1, 0.15) is 35.7 Å². The van der Waals surface area contributed by atoms with Crippen LogP contribution in [0.3, 0.4) is 0 Å². The Hall–Kier alpha value is -4.28. The molecule has 1 aromatic carbocycles. The fourth-order valence-electron chi connectivity index (χ4n) is 4.02. The summed E-state index contributed by atoms with van der Waals surface area (Å²) >= 11 is 0. The van der Waals surface area contributed by atoms with Crippen LogP contribution in [0, 0.1) is 11.6 Å². The quantitative estimate of drug-likeness (QED) is 0.475. The maximum atomic E-state index is 14.0. The lowest BCUT2D eigenvalue weighted by Crippen LogP contribution is -2.39. The van der Waals surface area contributed by atoms with Gasteiger partial charge in [0.25, 0.3) is 5.91 Å². The molecule has 1 aliphatic rings. The number of hydrogen-bond acceptors (Lipinski definition) is 7. The van der Waals surface area contributed by atoms with E-state index in [1.165, 1.54) is 26.3 Å². The van der Waals surface area contributed by atoms with Crippen LogP contribution < -0.4 is 25.0 Å². The number of aromatic nitrogens is 2. The number of anilines is 2. The van der Waals surface area contributed by atoms with Gasteiger partial charge < -0.3 is 25.0 Å². The van der Waals surface area contributed by atoms with Crippen LogP contribution in [-0.4, -0.2) is 48.1 Å². The van der Waals surface area contributed by atoms with Crippen molar-refractivity contribution in [1.82, 2.24) is 15.3 Å². The smallest absolute Gasteiger partial charge is 0.261 e. The summed E-state index contributed by atoms with van der Waals surface area (Å²) in [4.78, 5) is 35.1. The first-order chi connectivity index (χ1) is 17.8. The first-order valence-corrected chi connectivity index (χ1v) is 11.7. The maximum Gasteiger partial charge on any atom is 0.261 e. The molecule has 1 fully saturated rings. The number of amides is 2. The highest BCUT2D eigenvalue weighted by Gasteiger charge is 2.25. The molecule has 0 unspecified atom stereocenters. The van der Waals surface area contributed by atoms with E-state index in [-0.39, 0.29) is 35.7 Å². The van der Waals surface area contributed by atoms with Crippen LogP contribution in [-0.2, 0) is 11.3 Å². The molecule has 37 heavy (non-hydrogen) atoms. The zero-order valence-electron chi connectivity index (χ0n) is 20.5. The molecule has 11 heteroatoms. The largest absolute Gasteiger partial charge is 0.487 e. The second-order valence-electron chi connectivity index (χ2n) is 8.52. The van der Waals surface area contributed by atoms with Crippen LogP contribution >= 0.6 is 0 Å². The predicted molar refractivity (Wildman–Crippen MR) is 133 cm³/mol. The van der Waals surface area contributed by atoms with Crippen molar-refractivity contribution in [3.05, 3.63) is 71.6 Å². The SMILES string of the molecule is COc1ncccc1C(=O)Nc1cc(CNC(C)=O)cnc1N1CCC(Oc2ccc(F)cc2F)CC1. The number of piperidine rings is 1. The highest BCUT2D eigenvalue weighted by Crippen LogP contribution is 2.30. The van der Waals surface area contributed by atoms with Gasteiger partial charge in [-0.3, -0.25) is 9.59 Å². The minimum absolute atomic E-state index is 0.0127. The highest BCUT2D eigenvalue weighted by molar-refractivity contribution is 6.07. The standard InChI is InChI=1S/C26H27F2N5O4/c1-16(34)30-14-17-12-22(32-25(35)20-4-3-9-29-26(20)36-2)24(31-15-17)33-10-7-19(8-11-33)37-23-6-5-18(27)13-21(23)28/h3-6,9,12-13,15,19H,7-8,10-11,14H2,1-2H3,(H,30,34)(H,32,35). The third kappa shape index (κ3) is 6.49. The van der Waals surface area contributed by atoms with Gasteiger partial charge in [0.1, 0.15) is 17.5 Å². The normalized spacial score (nSPS) is 13.7. The number of halogens is 2. The Balaban J connectivity index is 1.51. The lowest BCUT2D eigenvalue weighted by molar-refractivity contribution is -0.119. The van der Waals surface area contributed by atoms with Crippen molar-refractivity contribution < 1.29 is 27.8 Å². The van der Waals surface area contributed by atoms with E-state index in [0.717, 1.165) is 12.1 Å². The first-order valence-electron chi connectivity index (χ1n) is 11.7. The van der Waals surface area contributed by atoms with Gasteiger partial charge in [0.15, 0.2) is 17.4 Å². The zero-order chi connectivity index (χ0) is 26.4. The third-order valence-corrected chi connectivity index (χ3v) is 5.85. The molecule has 2 N–H and O–H groups in total. The van der Waals surface area contributed by atoms with Crippen LogP contribution in [0.25, 0.3) is 0 Å². The van der Waals surface area contributed by atoms with Crippen molar-refractivity contribution in [2.45, 2.75) is 32.4 Å². The number of ether oxygens (including phenoxy) is 2. The number of rotatable bonds is 8. The van der Waals surface area contributed by atoms with E-state index in [1.807, 2.05) is 4.90 Å². The van der Waals surface area contributed by atoms with Crippen molar-refractivity contribution in [3.63, 3.8) is 0 Å². The Bertz CT molecular complexity index is 1280. The number of benzene rings is 1. The average molecular weight is 512 g/mol. The molecule has 0 spiro atoms. The molecular weight excluding hydrogens is 484 g/mol. The Morgan fingerprint density at radius 3 is 2.62 bits per heavy atom. The van der Waals surface area contributed by atoms with Crippen molar-refractivity contribution >= 4 is 23.3 Å². The van der Waals surface area contributed by atoms with E-state index in [4.69, 9.17) is 9.47 Å². The Morgan fingerprint density at radius 2 is 1.92 bits per heavy atom. The molecule has 2 amide bonds. The van der Waals surface area contributed by atoms with Crippen LogP contribution in [0.2, 0.25) is 0 Å². The molecule has 3 heterocycles. The van der Waals surface area contributed by atoms with Gasteiger partial charge in [-0.15, -0.1) is 0 Å². The Morgan fingerprint density at radius 1 is 1.14 bits per heavy atom. The molecule has 9 nitrogen and oxygen atoms in total. The van der Waals surface area contributed by atoms with Gasteiger partial charge in [-0.25, -0.2) is 18.7 Å². The van der Waals surface area contributed by atoms with E-state index < -0.39 is 17.5 Å². The lowest BCUT2D eigenvalue weighted by atomic mass is 10.1. The minimum Gasteiger partial charge on any atom is -0.487 e. The lowest BCUT2D eigenvalue weighted by Gasteiger charge is -2.34. The third-order valence-electron chi connectivity index (χ3n) is 5.85. The van der Waals surface area contributed by atoms with Gasteiger partial charge in [0.2, 0.25) is 11.8 Å². The van der Waals surface area contributed by atoms with Crippen LogP contribution in [0.15, 0.2) is 48.8 Å². The van der Waals surface area contributed by atoms with Crippen molar-refractivity contribution in [2.75, 3.05) is 30.4 Å². The summed E-state index contributed by atoms with van der Waals surface area (Å²) in [6.45, 7) is 2.74. The summed E-state index contributed by atoms with van der Waals surface area (Å²) in [5.41, 5.74) is 1.43. The van der Waals surface area contributed by atoms with Gasteiger partial charge in [-0.05, 0) is 35.9 Å². The van der Waals surface area contributed by atoms with E-state index in [0.29, 0.717) is 43.0 Å². The Labute approximate surface area is 212 Å². The van der Waals surface area contributed by atoms with Crippen molar-refractivity contribution in [3.8, 4) is 11.6 Å². The van der Waals surface area contributed by atoms with E-state index in [1.54, 1.807) is 24.4 Å². The van der Waals surface area contributed by atoms with Gasteiger partial charge in [-0.1, -0.05) is 0 Å². The number of nitrogens with zero attached hydrogens (tertiary/aromatic N) is 3. The molecule has 3 aromatic rings. The van der Waals surface area contributed by atoms with Gasteiger partial charge >= 0.3 is 0 Å². The predicted octanol–water partition coefficient (Wildman–Crippen LogP) is 3.70. The molecule has 0 atom stereocenters. The number of nitrogens with one attached hydrogen (secondary N) is 2. The van der Waals surface area contributed by atoms with E-state index in [9.17, 15) is 18.4 Å². The summed E-state index contributed by atoms with van der Waals surface area (Å²) < 4.78 is 38.2. The Kier molecular flexibility index (Phi) is 8.11. The van der Waals surface area contributed by atoms with Gasteiger partial charge in [-0.2, -0.15) is 0 Å². The molecular formula is C26H27F2N5O4. The van der Waals surface area contributed by atoms with Crippen LogP contribution in [0.5, 0.6) is 11.6 Å². The number of methoxy groups -OCH3 is 1. The molecule has 1 saturated heterocycles. The van der Waals surface area contributed by atoms with Gasteiger partial charge in [0, 0.05) is 57.9 Å². The minimum atomic E-state index is -0.741.